The Balaban J connectivity index is 1.41. The van der Waals surface area contributed by atoms with E-state index in [0.29, 0.717) is 32.2 Å². The monoisotopic (exact) mass is 472 g/mol. The molecule has 32 heavy (non-hydrogen) atoms. The number of nitrogens with zero attached hydrogens (tertiary/aromatic N) is 1. The van der Waals surface area contributed by atoms with Crippen LogP contribution in [0.3, 0.4) is 0 Å². The summed E-state index contributed by atoms with van der Waals surface area (Å²) in [5.41, 5.74) is 2.61. The first kappa shape index (κ1) is 24.3. The maximum absolute atomic E-state index is 12.4. The van der Waals surface area contributed by atoms with Gasteiger partial charge >= 0.3 is 29.9 Å². The highest BCUT2D eigenvalue weighted by Crippen LogP contribution is 2.33. The number of aliphatic carboxylic acids is 2. The Morgan fingerprint density at radius 1 is 1.22 bits per heavy atom. The zero-order chi connectivity index (χ0) is 23.3. The summed E-state index contributed by atoms with van der Waals surface area (Å²) < 4.78 is 4.82. The van der Waals surface area contributed by atoms with E-state index in [4.69, 9.17) is 9.84 Å². The molecular formula is C19H28N4O8S. The van der Waals surface area contributed by atoms with Gasteiger partial charge in [-0.05, 0) is 25.7 Å². The molecule has 2 amide bonds. The van der Waals surface area contributed by atoms with Crippen LogP contribution in [0.2, 0.25) is 0 Å². The Morgan fingerprint density at radius 3 is 2.72 bits per heavy atom. The molecule has 0 unspecified atom stereocenters. The van der Waals surface area contributed by atoms with Crippen molar-refractivity contribution in [3.63, 3.8) is 0 Å². The molecule has 178 valence electrons. The highest BCUT2D eigenvalue weighted by molar-refractivity contribution is 8.00. The molecule has 5 N–H and O–H groups in total. The third-order valence-corrected chi connectivity index (χ3v) is 7.30. The van der Waals surface area contributed by atoms with Crippen LogP contribution in [0.1, 0.15) is 44.9 Å². The third-order valence-electron chi connectivity index (χ3n) is 5.79. The number of ether oxygens (including phenoxy) is 1. The molecule has 3 aliphatic rings. The van der Waals surface area contributed by atoms with E-state index in [1.54, 1.807) is 11.8 Å². The number of carbonyl (C=O) groups excluding carboxylic acids is 3. The van der Waals surface area contributed by atoms with Crippen molar-refractivity contribution in [3.8, 4) is 0 Å². The second-order valence-corrected chi connectivity index (χ2v) is 9.40. The van der Waals surface area contributed by atoms with E-state index < -0.39 is 42.4 Å². The largest absolute Gasteiger partial charge is 0.481 e. The fourth-order valence-electron chi connectivity index (χ4n) is 4.23. The molecule has 3 rings (SSSR count). The van der Waals surface area contributed by atoms with Crippen LogP contribution in [0, 0.1) is 0 Å². The summed E-state index contributed by atoms with van der Waals surface area (Å²) in [6.07, 6.45) is 2.33. The summed E-state index contributed by atoms with van der Waals surface area (Å²) >= 11 is 1.77. The van der Waals surface area contributed by atoms with Crippen LogP contribution < -0.4 is 16.1 Å². The molecule has 13 heteroatoms. The fourth-order valence-corrected chi connectivity index (χ4v) is 5.77. The maximum atomic E-state index is 12.4. The van der Waals surface area contributed by atoms with E-state index in [0.717, 1.165) is 12.2 Å². The minimum atomic E-state index is -1.36. The Morgan fingerprint density at radius 2 is 2.00 bits per heavy atom. The average molecular weight is 473 g/mol. The number of nitrogens with one attached hydrogen (secondary N) is 3. The molecule has 0 aliphatic carbocycles. The van der Waals surface area contributed by atoms with Crippen LogP contribution >= 0.6 is 11.8 Å². The zero-order valence-corrected chi connectivity index (χ0v) is 18.3. The van der Waals surface area contributed by atoms with Crippen molar-refractivity contribution in [1.29, 1.82) is 0 Å². The number of carboxylic acids is 2. The minimum absolute atomic E-state index is 0.00306. The van der Waals surface area contributed by atoms with Gasteiger partial charge in [0.1, 0.15) is 12.1 Å². The number of thioether (sulfide) groups is 1. The van der Waals surface area contributed by atoms with Gasteiger partial charge in [0, 0.05) is 24.0 Å². The Kier molecular flexibility index (Phi) is 8.32. The molecule has 3 fully saturated rings. The zero-order valence-electron chi connectivity index (χ0n) is 17.5. The van der Waals surface area contributed by atoms with Crippen molar-refractivity contribution in [2.24, 2.45) is 0 Å². The van der Waals surface area contributed by atoms with Gasteiger partial charge in [-0.3, -0.25) is 14.4 Å². The Hall–Kier alpha value is -2.38. The molecule has 0 aromatic heterocycles. The van der Waals surface area contributed by atoms with Gasteiger partial charge in [-0.15, -0.1) is 0 Å². The fraction of sp³-hybridized carbons (Fsp3) is 0.737. The van der Waals surface area contributed by atoms with Crippen LogP contribution in [-0.4, -0.2) is 86.8 Å². The van der Waals surface area contributed by atoms with Crippen LogP contribution in [0.15, 0.2) is 0 Å². The molecule has 12 nitrogen and oxygen atoms in total. The first-order valence-electron chi connectivity index (χ1n) is 10.6. The first-order chi connectivity index (χ1) is 15.2. The number of unbranched alkanes of at least 4 members (excludes halogenated alkanes) is 1. The molecule has 3 saturated heterocycles. The number of esters is 2. The van der Waals surface area contributed by atoms with Gasteiger partial charge in [0.25, 0.3) is 0 Å². The van der Waals surface area contributed by atoms with Crippen LogP contribution in [0.5, 0.6) is 0 Å². The predicted octanol–water partition coefficient (Wildman–Crippen LogP) is -0.321. The number of carbonyl (C=O) groups is 5. The molecular weight excluding hydrogens is 444 g/mol. The molecule has 0 aromatic carbocycles. The number of hydrogen-bond acceptors (Lipinski definition) is 9. The van der Waals surface area contributed by atoms with Gasteiger partial charge < -0.3 is 25.6 Å². The number of urea groups is 1. The van der Waals surface area contributed by atoms with Gasteiger partial charge in [-0.25, -0.2) is 20.0 Å². The number of hydrogen-bond donors (Lipinski definition) is 5. The van der Waals surface area contributed by atoms with E-state index in [1.165, 1.54) is 5.01 Å². The van der Waals surface area contributed by atoms with Gasteiger partial charge in [-0.2, -0.15) is 11.8 Å². The predicted molar refractivity (Wildman–Crippen MR) is 112 cm³/mol. The SMILES string of the molecule is O=C(O)C[C@H](NN1CCC[C@H]1C(=O)O)C(=O)OC(=O)CCCC[C@@H]1SC[C@@H]2NC(=O)N[C@@H]21. The average Bonchev–Trinajstić information content (AvgIpc) is 3.40. The highest BCUT2D eigenvalue weighted by Gasteiger charge is 2.42. The first-order valence-corrected chi connectivity index (χ1v) is 11.7. The van der Waals surface area contributed by atoms with E-state index in [1.807, 2.05) is 0 Å². The minimum Gasteiger partial charge on any atom is -0.481 e. The Labute approximate surface area is 188 Å². The van der Waals surface area contributed by atoms with E-state index in [9.17, 15) is 29.1 Å². The lowest BCUT2D eigenvalue weighted by molar-refractivity contribution is -0.165. The number of rotatable bonds is 11. The Bertz CT molecular complexity index is 766. The van der Waals surface area contributed by atoms with Crippen molar-refractivity contribution in [3.05, 3.63) is 0 Å². The number of hydrazine groups is 1. The van der Waals surface area contributed by atoms with Crippen molar-refractivity contribution in [1.82, 2.24) is 21.1 Å². The molecule has 0 bridgehead atoms. The summed E-state index contributed by atoms with van der Waals surface area (Å²) in [6.45, 7) is 0.339. The molecule has 0 aromatic rings. The van der Waals surface area contributed by atoms with E-state index in [-0.39, 0.29) is 29.8 Å². The van der Waals surface area contributed by atoms with E-state index >= 15 is 0 Å². The van der Waals surface area contributed by atoms with Crippen molar-refractivity contribution in [2.75, 3.05) is 12.3 Å². The number of carboxylic acid groups (broad SMARTS) is 2. The lowest BCUT2D eigenvalue weighted by Gasteiger charge is -2.26. The molecule has 5 atom stereocenters. The topological polar surface area (TPSA) is 174 Å². The van der Waals surface area contributed by atoms with Crippen molar-refractivity contribution >= 4 is 41.7 Å². The van der Waals surface area contributed by atoms with Gasteiger partial charge in [0.15, 0.2) is 0 Å². The molecule has 0 saturated carbocycles. The van der Waals surface area contributed by atoms with Gasteiger partial charge in [0.05, 0.1) is 18.5 Å². The summed E-state index contributed by atoms with van der Waals surface area (Å²) in [6, 6.07) is -2.16. The van der Waals surface area contributed by atoms with Gasteiger partial charge in [0.2, 0.25) is 0 Å². The van der Waals surface area contributed by atoms with Gasteiger partial charge in [-0.1, -0.05) is 6.42 Å². The number of amides is 2. The summed E-state index contributed by atoms with van der Waals surface area (Å²) in [5.74, 6) is -3.30. The lowest BCUT2D eigenvalue weighted by atomic mass is 10.0. The number of fused-ring (bicyclic) bond motifs is 1. The quantitative estimate of drug-likeness (QED) is 0.115. The van der Waals surface area contributed by atoms with Crippen LogP contribution in [0.25, 0.3) is 0 Å². The second-order valence-electron chi connectivity index (χ2n) is 8.13. The van der Waals surface area contributed by atoms with Crippen molar-refractivity contribution in [2.45, 2.75) is 74.4 Å². The maximum Gasteiger partial charge on any atom is 0.332 e. The van der Waals surface area contributed by atoms with Crippen LogP contribution in [-0.2, 0) is 23.9 Å². The summed E-state index contributed by atoms with van der Waals surface area (Å²) in [5, 5.41) is 25.7. The summed E-state index contributed by atoms with van der Waals surface area (Å²) in [7, 11) is 0. The summed E-state index contributed by atoms with van der Waals surface area (Å²) in [4.78, 5) is 58.3. The molecule has 3 aliphatic heterocycles. The highest BCUT2D eigenvalue weighted by atomic mass is 32.2. The molecule has 0 radical (unpaired) electrons. The standard InChI is InChI=1S/C19H28N4O8S/c24-14(25)8-10(22-23-7-3-4-12(23)17(27)28)18(29)31-15(26)6-2-1-5-13-16-11(9-32-13)20-19(30)21-16/h10-13,16,22H,1-9H2,(H,24,25)(H,27,28)(H2,20,21,30)/t10-,11-,12-,13-,16-/m0/s1. The normalized spacial score (nSPS) is 27.9. The molecule has 3 heterocycles. The van der Waals surface area contributed by atoms with Crippen LogP contribution in [0.4, 0.5) is 4.79 Å². The van der Waals surface area contributed by atoms with Crippen molar-refractivity contribution < 1.29 is 38.9 Å². The smallest absolute Gasteiger partial charge is 0.332 e. The van der Waals surface area contributed by atoms with E-state index in [2.05, 4.69) is 16.1 Å². The second kappa shape index (κ2) is 11.0. The third kappa shape index (κ3) is 6.33. The molecule has 0 spiro atoms. The lowest BCUT2D eigenvalue weighted by Crippen LogP contribution is -2.53.